The number of imide groups is 1. The summed E-state index contributed by atoms with van der Waals surface area (Å²) in [5.41, 5.74) is 1.75. The Hall–Kier alpha value is -3.48. The molecule has 2 aromatic carbocycles. The molecule has 2 unspecified atom stereocenters. The average molecular weight is 393 g/mol. The molecule has 0 saturated heterocycles. The van der Waals surface area contributed by atoms with Gasteiger partial charge >= 0.3 is 0 Å². The summed E-state index contributed by atoms with van der Waals surface area (Å²) in [4.78, 5) is 51.0. The van der Waals surface area contributed by atoms with Crippen molar-refractivity contribution in [3.8, 4) is 0 Å². The summed E-state index contributed by atoms with van der Waals surface area (Å²) in [6.07, 6.45) is 0.618. The third kappa shape index (κ3) is 4.03. The van der Waals surface area contributed by atoms with Gasteiger partial charge < -0.3 is 10.6 Å². The Kier molecular flexibility index (Phi) is 5.77. The van der Waals surface area contributed by atoms with E-state index in [1.54, 1.807) is 48.5 Å². The maximum Gasteiger partial charge on any atom is 0.262 e. The van der Waals surface area contributed by atoms with Gasteiger partial charge in [-0.25, -0.2) is 0 Å². The summed E-state index contributed by atoms with van der Waals surface area (Å²) in [6.45, 7) is 5.16. The second-order valence-electron chi connectivity index (χ2n) is 7.10. The zero-order valence-corrected chi connectivity index (χ0v) is 16.6. The van der Waals surface area contributed by atoms with Gasteiger partial charge in [0, 0.05) is 18.3 Å². The minimum Gasteiger partial charge on any atom is -0.326 e. The molecule has 1 aliphatic rings. The Morgan fingerprint density at radius 3 is 1.83 bits per heavy atom. The van der Waals surface area contributed by atoms with Crippen LogP contribution in [-0.2, 0) is 9.59 Å². The standard InChI is InChI=1S/C22H23N3O4/c1-4-13(2)19(25-21(28)17-7-5-6-8-18(17)22(25)29)20(27)24-16-11-9-15(10-12-16)23-14(3)26/h5-13,19H,4H2,1-3H3,(H,23,26)(H,24,27). The van der Waals surface area contributed by atoms with Crippen LogP contribution in [0, 0.1) is 5.92 Å². The lowest BCUT2D eigenvalue weighted by Gasteiger charge is -2.29. The van der Waals surface area contributed by atoms with Crippen LogP contribution in [0.15, 0.2) is 48.5 Å². The van der Waals surface area contributed by atoms with E-state index in [-0.39, 0.29) is 11.8 Å². The van der Waals surface area contributed by atoms with Crippen molar-refractivity contribution in [2.45, 2.75) is 33.2 Å². The minimum absolute atomic E-state index is 0.191. The fraction of sp³-hybridized carbons (Fsp3) is 0.273. The van der Waals surface area contributed by atoms with E-state index in [1.165, 1.54) is 6.92 Å². The van der Waals surface area contributed by atoms with E-state index in [0.717, 1.165) is 4.90 Å². The number of anilines is 2. The van der Waals surface area contributed by atoms with E-state index < -0.39 is 23.8 Å². The third-order valence-electron chi connectivity index (χ3n) is 5.03. The van der Waals surface area contributed by atoms with Crippen molar-refractivity contribution >= 4 is 35.0 Å². The quantitative estimate of drug-likeness (QED) is 0.736. The molecule has 3 rings (SSSR count). The average Bonchev–Trinajstić information content (AvgIpc) is 2.94. The van der Waals surface area contributed by atoms with E-state index in [4.69, 9.17) is 0 Å². The lowest BCUT2D eigenvalue weighted by atomic mass is 9.96. The number of benzene rings is 2. The second-order valence-corrected chi connectivity index (χ2v) is 7.10. The number of hydrogen-bond donors (Lipinski definition) is 2. The summed E-state index contributed by atoms with van der Waals surface area (Å²) in [6, 6.07) is 12.3. The van der Waals surface area contributed by atoms with Crippen LogP contribution in [0.4, 0.5) is 11.4 Å². The molecule has 0 bridgehead atoms. The highest BCUT2D eigenvalue weighted by atomic mass is 16.2. The van der Waals surface area contributed by atoms with Gasteiger partial charge in [0.1, 0.15) is 6.04 Å². The largest absolute Gasteiger partial charge is 0.326 e. The van der Waals surface area contributed by atoms with E-state index in [0.29, 0.717) is 28.9 Å². The molecule has 0 radical (unpaired) electrons. The van der Waals surface area contributed by atoms with Gasteiger partial charge in [0.15, 0.2) is 0 Å². The predicted octanol–water partition coefficient (Wildman–Crippen LogP) is 3.29. The Labute approximate surface area is 169 Å². The van der Waals surface area contributed by atoms with Gasteiger partial charge in [-0.1, -0.05) is 32.4 Å². The van der Waals surface area contributed by atoms with E-state index >= 15 is 0 Å². The number of rotatable bonds is 6. The lowest BCUT2D eigenvalue weighted by Crippen LogP contribution is -2.50. The van der Waals surface area contributed by atoms with Crippen LogP contribution in [0.3, 0.4) is 0 Å². The SMILES string of the molecule is CCC(C)C(C(=O)Nc1ccc(NC(C)=O)cc1)N1C(=O)c2ccccc2C1=O. The van der Waals surface area contributed by atoms with E-state index in [1.807, 2.05) is 13.8 Å². The summed E-state index contributed by atoms with van der Waals surface area (Å²) in [5, 5.41) is 5.44. The molecule has 2 N–H and O–H groups in total. The third-order valence-corrected chi connectivity index (χ3v) is 5.03. The van der Waals surface area contributed by atoms with Crippen molar-refractivity contribution in [3.63, 3.8) is 0 Å². The fourth-order valence-corrected chi connectivity index (χ4v) is 3.37. The molecule has 0 spiro atoms. The normalized spacial score (nSPS) is 14.9. The van der Waals surface area contributed by atoms with Crippen molar-refractivity contribution in [3.05, 3.63) is 59.7 Å². The molecule has 4 amide bonds. The summed E-state index contributed by atoms with van der Waals surface area (Å²) < 4.78 is 0. The van der Waals surface area contributed by atoms with Gasteiger partial charge in [-0.15, -0.1) is 0 Å². The molecule has 1 heterocycles. The molecule has 0 saturated carbocycles. The molecule has 7 nitrogen and oxygen atoms in total. The van der Waals surface area contributed by atoms with Gasteiger partial charge in [0.2, 0.25) is 11.8 Å². The van der Waals surface area contributed by atoms with Gasteiger partial charge in [0.25, 0.3) is 11.8 Å². The molecule has 150 valence electrons. The minimum atomic E-state index is -0.928. The number of nitrogens with one attached hydrogen (secondary N) is 2. The molecular weight excluding hydrogens is 370 g/mol. The maximum absolute atomic E-state index is 13.1. The Morgan fingerprint density at radius 1 is 0.897 bits per heavy atom. The van der Waals surface area contributed by atoms with Gasteiger partial charge in [-0.05, 0) is 42.3 Å². The molecule has 7 heteroatoms. The molecule has 0 aliphatic carbocycles. The highest BCUT2D eigenvalue weighted by molar-refractivity contribution is 6.23. The Bertz CT molecular complexity index is 933. The van der Waals surface area contributed by atoms with E-state index in [9.17, 15) is 19.2 Å². The number of carbonyl (C=O) groups is 4. The van der Waals surface area contributed by atoms with Crippen LogP contribution < -0.4 is 10.6 Å². The summed E-state index contributed by atoms with van der Waals surface area (Å²) in [5.74, 6) is -1.75. The van der Waals surface area contributed by atoms with Crippen molar-refractivity contribution < 1.29 is 19.2 Å². The van der Waals surface area contributed by atoms with Crippen LogP contribution in [0.2, 0.25) is 0 Å². The maximum atomic E-state index is 13.1. The van der Waals surface area contributed by atoms with Crippen LogP contribution in [0.5, 0.6) is 0 Å². The van der Waals surface area contributed by atoms with Crippen LogP contribution in [-0.4, -0.2) is 34.6 Å². The molecule has 2 aromatic rings. The monoisotopic (exact) mass is 393 g/mol. The van der Waals surface area contributed by atoms with Gasteiger partial charge in [0.05, 0.1) is 11.1 Å². The first kappa shape index (κ1) is 20.3. The van der Waals surface area contributed by atoms with E-state index in [2.05, 4.69) is 10.6 Å². The van der Waals surface area contributed by atoms with Crippen LogP contribution in [0.1, 0.15) is 47.9 Å². The predicted molar refractivity (Wildman–Crippen MR) is 110 cm³/mol. The van der Waals surface area contributed by atoms with Crippen molar-refractivity contribution in [1.82, 2.24) is 4.90 Å². The van der Waals surface area contributed by atoms with Crippen molar-refractivity contribution in [1.29, 1.82) is 0 Å². The Morgan fingerprint density at radius 2 is 1.38 bits per heavy atom. The number of amides is 4. The number of fused-ring (bicyclic) bond motifs is 1. The van der Waals surface area contributed by atoms with Crippen LogP contribution in [0.25, 0.3) is 0 Å². The molecule has 0 aromatic heterocycles. The first-order valence-corrected chi connectivity index (χ1v) is 9.49. The topological polar surface area (TPSA) is 95.6 Å². The molecule has 29 heavy (non-hydrogen) atoms. The number of nitrogens with zero attached hydrogens (tertiary/aromatic N) is 1. The smallest absolute Gasteiger partial charge is 0.262 e. The first-order chi connectivity index (χ1) is 13.8. The Balaban J connectivity index is 1.84. The molecular formula is C22H23N3O4. The molecule has 2 atom stereocenters. The fourth-order valence-electron chi connectivity index (χ4n) is 3.37. The van der Waals surface area contributed by atoms with Crippen molar-refractivity contribution in [2.75, 3.05) is 10.6 Å². The zero-order chi connectivity index (χ0) is 21.1. The van der Waals surface area contributed by atoms with Gasteiger partial charge in [-0.2, -0.15) is 0 Å². The molecule has 0 fully saturated rings. The van der Waals surface area contributed by atoms with Crippen molar-refractivity contribution in [2.24, 2.45) is 5.92 Å². The summed E-state index contributed by atoms with van der Waals surface area (Å²) in [7, 11) is 0. The summed E-state index contributed by atoms with van der Waals surface area (Å²) >= 11 is 0. The second kappa shape index (κ2) is 8.26. The number of hydrogen-bond acceptors (Lipinski definition) is 4. The molecule has 1 aliphatic heterocycles. The van der Waals surface area contributed by atoms with Crippen LogP contribution >= 0.6 is 0 Å². The lowest BCUT2D eigenvalue weighted by molar-refractivity contribution is -0.121. The number of carbonyl (C=O) groups excluding carboxylic acids is 4. The zero-order valence-electron chi connectivity index (χ0n) is 16.6. The first-order valence-electron chi connectivity index (χ1n) is 9.49. The van der Waals surface area contributed by atoms with Gasteiger partial charge in [-0.3, -0.25) is 24.1 Å². The highest BCUT2D eigenvalue weighted by Gasteiger charge is 2.44. The highest BCUT2D eigenvalue weighted by Crippen LogP contribution is 2.29.